The number of thioether (sulfide) groups is 1. The van der Waals surface area contributed by atoms with E-state index < -0.39 is 12.0 Å². The number of carbonyl (C=O) groups is 1. The lowest BCUT2D eigenvalue weighted by Gasteiger charge is -2.24. The molecule has 1 aromatic heterocycles. The molecule has 0 bridgehead atoms. The van der Waals surface area contributed by atoms with Crippen LogP contribution in [0.5, 0.6) is 5.75 Å². The van der Waals surface area contributed by atoms with Gasteiger partial charge in [0.1, 0.15) is 5.75 Å². The molecule has 3 aromatic rings. The standard InChI is InChI=1S/C25H24N2O4S2/c1-5-31-24(29)21-15(2)26-25-27(22(21)17-9-11-19(32-4)12-10-17)23(28)20(33-25)14-16-7-6-8-18(13-16)30-3/h6-14,22H,5H2,1-4H3/b20-14+/t22-/m0/s1. The van der Waals surface area contributed by atoms with Gasteiger partial charge in [0.05, 0.1) is 35.6 Å². The summed E-state index contributed by atoms with van der Waals surface area (Å²) >= 11 is 2.94. The second kappa shape index (κ2) is 9.80. The minimum atomic E-state index is -0.608. The second-order valence-corrected chi connectivity index (χ2v) is 9.24. The SMILES string of the molecule is CCOC(=O)C1=C(C)N=c2s/c(=C/c3cccc(OC)c3)c(=O)n2[C@H]1c1ccc(SC)cc1. The quantitative estimate of drug-likeness (QED) is 0.399. The number of nitrogens with zero attached hydrogens (tertiary/aromatic N) is 2. The Morgan fingerprint density at radius 1 is 1.24 bits per heavy atom. The third-order valence-corrected chi connectivity index (χ3v) is 7.07. The molecule has 8 heteroatoms. The second-order valence-electron chi connectivity index (χ2n) is 7.35. The number of rotatable bonds is 6. The summed E-state index contributed by atoms with van der Waals surface area (Å²) < 4.78 is 12.8. The zero-order chi connectivity index (χ0) is 23.5. The van der Waals surface area contributed by atoms with Crippen LogP contribution in [-0.4, -0.2) is 30.5 Å². The Morgan fingerprint density at radius 2 is 2.00 bits per heavy atom. The van der Waals surface area contributed by atoms with E-state index >= 15 is 0 Å². The van der Waals surface area contributed by atoms with E-state index in [0.717, 1.165) is 16.0 Å². The van der Waals surface area contributed by atoms with E-state index in [0.29, 0.717) is 26.4 Å². The molecule has 0 N–H and O–H groups in total. The molecule has 170 valence electrons. The van der Waals surface area contributed by atoms with Crippen molar-refractivity contribution in [2.75, 3.05) is 20.0 Å². The molecule has 0 saturated heterocycles. The van der Waals surface area contributed by atoms with Crippen molar-refractivity contribution in [3.05, 3.63) is 90.6 Å². The van der Waals surface area contributed by atoms with Gasteiger partial charge in [0.15, 0.2) is 4.80 Å². The number of benzene rings is 2. The van der Waals surface area contributed by atoms with Crippen LogP contribution in [0.3, 0.4) is 0 Å². The maximum Gasteiger partial charge on any atom is 0.338 e. The van der Waals surface area contributed by atoms with Crippen molar-refractivity contribution in [2.45, 2.75) is 24.8 Å². The van der Waals surface area contributed by atoms with Gasteiger partial charge in [-0.15, -0.1) is 11.8 Å². The smallest absolute Gasteiger partial charge is 0.338 e. The number of aromatic nitrogens is 1. The van der Waals surface area contributed by atoms with Crippen molar-refractivity contribution in [1.82, 2.24) is 4.57 Å². The van der Waals surface area contributed by atoms with Crippen LogP contribution in [0.2, 0.25) is 0 Å². The van der Waals surface area contributed by atoms with Crippen LogP contribution in [-0.2, 0) is 9.53 Å². The Morgan fingerprint density at radius 3 is 2.67 bits per heavy atom. The van der Waals surface area contributed by atoms with Gasteiger partial charge in [-0.3, -0.25) is 9.36 Å². The molecule has 0 unspecified atom stereocenters. The van der Waals surface area contributed by atoms with Gasteiger partial charge >= 0.3 is 5.97 Å². The molecule has 4 rings (SSSR count). The summed E-state index contributed by atoms with van der Waals surface area (Å²) in [6.45, 7) is 3.79. The number of methoxy groups -OCH3 is 1. The van der Waals surface area contributed by atoms with E-state index in [9.17, 15) is 9.59 Å². The first-order valence-corrected chi connectivity index (χ1v) is 12.5. The minimum Gasteiger partial charge on any atom is -0.497 e. The highest BCUT2D eigenvalue weighted by molar-refractivity contribution is 7.98. The zero-order valence-electron chi connectivity index (χ0n) is 18.8. The average Bonchev–Trinajstić information content (AvgIpc) is 3.12. The first-order chi connectivity index (χ1) is 16.0. The monoisotopic (exact) mass is 480 g/mol. The Labute approximate surface area is 199 Å². The molecule has 0 fully saturated rings. The predicted molar refractivity (Wildman–Crippen MR) is 132 cm³/mol. The molecule has 1 atom stereocenters. The summed E-state index contributed by atoms with van der Waals surface area (Å²) in [5.74, 6) is 0.253. The van der Waals surface area contributed by atoms with Crippen molar-refractivity contribution >= 4 is 35.1 Å². The topological polar surface area (TPSA) is 69.9 Å². The lowest BCUT2D eigenvalue weighted by molar-refractivity contribution is -0.139. The average molecular weight is 481 g/mol. The number of hydrogen-bond acceptors (Lipinski definition) is 7. The van der Waals surface area contributed by atoms with Crippen LogP contribution in [0.25, 0.3) is 6.08 Å². The summed E-state index contributed by atoms with van der Waals surface area (Å²) in [6.07, 6.45) is 3.83. The molecule has 0 saturated carbocycles. The highest BCUT2D eigenvalue weighted by Gasteiger charge is 2.33. The van der Waals surface area contributed by atoms with Crippen LogP contribution < -0.4 is 19.6 Å². The van der Waals surface area contributed by atoms with Crippen LogP contribution in [0.1, 0.15) is 31.0 Å². The molecule has 6 nitrogen and oxygen atoms in total. The van der Waals surface area contributed by atoms with E-state index in [2.05, 4.69) is 4.99 Å². The van der Waals surface area contributed by atoms with Gasteiger partial charge in [-0.25, -0.2) is 9.79 Å². The number of ether oxygens (including phenoxy) is 2. The van der Waals surface area contributed by atoms with Crippen LogP contribution in [0.15, 0.2) is 74.5 Å². The fourth-order valence-electron chi connectivity index (χ4n) is 3.78. The van der Waals surface area contributed by atoms with Crippen molar-refractivity contribution < 1.29 is 14.3 Å². The minimum absolute atomic E-state index is 0.199. The van der Waals surface area contributed by atoms with E-state index in [-0.39, 0.29) is 12.2 Å². The Balaban J connectivity index is 1.93. The summed E-state index contributed by atoms with van der Waals surface area (Å²) in [6, 6.07) is 14.8. The largest absolute Gasteiger partial charge is 0.497 e. The summed E-state index contributed by atoms with van der Waals surface area (Å²) in [4.78, 5) is 32.8. The summed E-state index contributed by atoms with van der Waals surface area (Å²) in [5, 5.41) is 0. The van der Waals surface area contributed by atoms with Crippen molar-refractivity contribution in [3.63, 3.8) is 0 Å². The van der Waals surface area contributed by atoms with Gasteiger partial charge < -0.3 is 9.47 Å². The lowest BCUT2D eigenvalue weighted by Crippen LogP contribution is -2.39. The maximum absolute atomic E-state index is 13.6. The van der Waals surface area contributed by atoms with Gasteiger partial charge in [0.2, 0.25) is 0 Å². The maximum atomic E-state index is 13.6. The molecule has 0 aliphatic carbocycles. The number of allylic oxidation sites excluding steroid dienone is 1. The van der Waals surface area contributed by atoms with E-state index in [1.165, 1.54) is 11.3 Å². The Hall–Kier alpha value is -3.10. The van der Waals surface area contributed by atoms with Crippen molar-refractivity contribution in [2.24, 2.45) is 4.99 Å². The number of fused-ring (bicyclic) bond motifs is 1. The molecule has 0 amide bonds. The Kier molecular flexibility index (Phi) is 6.85. The zero-order valence-corrected chi connectivity index (χ0v) is 20.5. The molecule has 33 heavy (non-hydrogen) atoms. The summed E-state index contributed by atoms with van der Waals surface area (Å²) in [7, 11) is 1.61. The van der Waals surface area contributed by atoms with Crippen LogP contribution >= 0.6 is 23.1 Å². The molecular formula is C25H24N2O4S2. The normalized spacial score (nSPS) is 15.8. The molecule has 1 aliphatic rings. The van der Waals surface area contributed by atoms with E-state index in [1.807, 2.05) is 60.9 Å². The van der Waals surface area contributed by atoms with Gasteiger partial charge in [0.25, 0.3) is 5.56 Å². The highest BCUT2D eigenvalue weighted by atomic mass is 32.2. The summed E-state index contributed by atoms with van der Waals surface area (Å²) in [5.41, 5.74) is 2.42. The predicted octanol–water partition coefficient (Wildman–Crippen LogP) is 3.53. The van der Waals surface area contributed by atoms with Gasteiger partial charge in [-0.05, 0) is 61.6 Å². The number of thiazole rings is 1. The molecule has 2 aromatic carbocycles. The number of hydrogen-bond donors (Lipinski definition) is 0. The van der Waals surface area contributed by atoms with Gasteiger partial charge in [0, 0.05) is 4.90 Å². The van der Waals surface area contributed by atoms with Gasteiger partial charge in [-0.1, -0.05) is 35.6 Å². The third-order valence-electron chi connectivity index (χ3n) is 5.34. The van der Waals surface area contributed by atoms with Gasteiger partial charge in [-0.2, -0.15) is 0 Å². The lowest BCUT2D eigenvalue weighted by atomic mass is 9.96. The molecule has 1 aliphatic heterocycles. The third kappa shape index (κ3) is 4.54. The van der Waals surface area contributed by atoms with Crippen LogP contribution in [0, 0.1) is 0 Å². The molecule has 2 heterocycles. The highest BCUT2D eigenvalue weighted by Crippen LogP contribution is 2.31. The molecule has 0 radical (unpaired) electrons. The van der Waals surface area contributed by atoms with Crippen molar-refractivity contribution in [1.29, 1.82) is 0 Å². The number of esters is 1. The first-order valence-electron chi connectivity index (χ1n) is 10.4. The Bertz CT molecular complexity index is 1400. The fourth-order valence-corrected chi connectivity index (χ4v) is 5.23. The number of carbonyl (C=O) groups excluding carboxylic acids is 1. The molecular weight excluding hydrogens is 456 g/mol. The van der Waals surface area contributed by atoms with E-state index in [1.54, 1.807) is 37.3 Å². The van der Waals surface area contributed by atoms with Crippen LogP contribution in [0.4, 0.5) is 0 Å². The van der Waals surface area contributed by atoms with E-state index in [4.69, 9.17) is 9.47 Å². The fraction of sp³-hybridized carbons (Fsp3) is 0.240. The van der Waals surface area contributed by atoms with Crippen molar-refractivity contribution in [3.8, 4) is 5.75 Å². The first kappa shape index (κ1) is 23.1. The molecule has 0 spiro atoms.